The number of aromatic nitrogens is 3. The number of esters is 1. The summed E-state index contributed by atoms with van der Waals surface area (Å²) in [7, 11) is -4.08. The van der Waals surface area contributed by atoms with Gasteiger partial charge in [-0.15, -0.1) is 0 Å². The second-order valence-electron chi connectivity index (χ2n) is 9.64. The number of fused-ring (bicyclic) bond motifs is 3. The summed E-state index contributed by atoms with van der Waals surface area (Å²) in [6.07, 6.45) is -0.998. The molecule has 12 heteroatoms. The molecule has 0 unspecified atom stereocenters. The number of anilines is 1. The predicted octanol–water partition coefficient (Wildman–Crippen LogP) is 5.23. The Labute approximate surface area is 233 Å². The van der Waals surface area contributed by atoms with Gasteiger partial charge in [-0.25, -0.2) is 14.5 Å². The summed E-state index contributed by atoms with van der Waals surface area (Å²) in [6, 6.07) is 15.3. The average Bonchev–Trinajstić information content (AvgIpc) is 3.26. The smallest absolute Gasteiger partial charge is 0.459 e. The number of nitrogen functional groups attached to an aromatic ring is 1. The van der Waals surface area contributed by atoms with Crippen LogP contribution in [0.5, 0.6) is 5.75 Å². The Balaban J connectivity index is 1.68. The summed E-state index contributed by atoms with van der Waals surface area (Å²) in [5.74, 6) is 0.677. The molecule has 0 spiro atoms. The molecule has 4 rings (SSSR count). The van der Waals surface area contributed by atoms with Crippen molar-refractivity contribution in [3.05, 3.63) is 60.4 Å². The Morgan fingerprint density at radius 2 is 1.75 bits per heavy atom. The van der Waals surface area contributed by atoms with E-state index in [0.717, 1.165) is 16.4 Å². The summed E-state index contributed by atoms with van der Waals surface area (Å²) >= 11 is 0. The van der Waals surface area contributed by atoms with E-state index >= 15 is 0 Å². The van der Waals surface area contributed by atoms with E-state index < -0.39 is 25.9 Å². The minimum absolute atomic E-state index is 0.236. The lowest BCUT2D eigenvalue weighted by molar-refractivity contribution is -0.149. The second kappa shape index (κ2) is 12.8. The number of carbonyl (C=O) groups is 1. The molecule has 2 heterocycles. The highest BCUT2D eigenvalue weighted by Gasteiger charge is 2.35. The number of nitrogens with one attached hydrogen (secondary N) is 1. The molecule has 40 heavy (non-hydrogen) atoms. The first-order valence-electron chi connectivity index (χ1n) is 13.2. The van der Waals surface area contributed by atoms with Gasteiger partial charge in [0, 0.05) is 12.0 Å². The quantitative estimate of drug-likeness (QED) is 0.163. The van der Waals surface area contributed by atoms with E-state index in [1.54, 1.807) is 52.0 Å². The van der Waals surface area contributed by atoms with Crippen molar-refractivity contribution in [1.82, 2.24) is 19.6 Å². The van der Waals surface area contributed by atoms with Crippen molar-refractivity contribution in [2.24, 2.45) is 0 Å². The van der Waals surface area contributed by atoms with Crippen LogP contribution < -0.4 is 15.3 Å². The third kappa shape index (κ3) is 6.98. The van der Waals surface area contributed by atoms with Crippen molar-refractivity contribution in [3.63, 3.8) is 0 Å². The van der Waals surface area contributed by atoms with E-state index in [9.17, 15) is 9.36 Å². The van der Waals surface area contributed by atoms with Crippen LogP contribution in [0.25, 0.3) is 21.9 Å². The van der Waals surface area contributed by atoms with Gasteiger partial charge in [-0.2, -0.15) is 5.09 Å². The Morgan fingerprint density at radius 1 is 1.05 bits per heavy atom. The van der Waals surface area contributed by atoms with Crippen LogP contribution in [0.4, 0.5) is 5.82 Å². The zero-order valence-electron chi connectivity index (χ0n) is 23.4. The molecule has 0 aliphatic carbocycles. The van der Waals surface area contributed by atoms with Crippen LogP contribution in [0.15, 0.2) is 54.6 Å². The number of hydrogen-bond acceptors (Lipinski definition) is 9. The van der Waals surface area contributed by atoms with E-state index in [1.807, 2.05) is 41.8 Å². The number of imidazole rings is 1. The van der Waals surface area contributed by atoms with Gasteiger partial charge < -0.3 is 24.3 Å². The number of nitrogens with two attached hydrogens (primary N) is 1. The minimum atomic E-state index is -4.08. The van der Waals surface area contributed by atoms with Crippen molar-refractivity contribution < 1.29 is 27.9 Å². The van der Waals surface area contributed by atoms with Gasteiger partial charge in [-0.3, -0.25) is 9.32 Å². The van der Waals surface area contributed by atoms with Gasteiger partial charge in [0.25, 0.3) is 0 Å². The third-order valence-corrected chi connectivity index (χ3v) is 7.70. The molecule has 4 aromatic rings. The number of pyridine rings is 1. The molecule has 0 saturated heterocycles. The standard InChI is InChI=1S/C28H36N5O6P/c1-6-36-17-24-31-25-26(22-14-10-11-15-23(22)30-27(25)29)33(24)16-19(4)38-40(35,39-21-12-8-7-9-13-21)32-20(5)28(34)37-18(2)3/h7-15,18-20H,6,16-17H2,1-5H3,(H2,29,30)(H,32,35)/t19-,20+,40-/m1/s1. The maximum atomic E-state index is 14.1. The second-order valence-corrected chi connectivity index (χ2v) is 11.3. The van der Waals surface area contributed by atoms with Gasteiger partial charge in [-0.05, 0) is 52.8 Å². The van der Waals surface area contributed by atoms with Crippen molar-refractivity contribution in [2.75, 3.05) is 12.3 Å². The molecule has 0 fully saturated rings. The first kappa shape index (κ1) is 29.5. The van der Waals surface area contributed by atoms with Gasteiger partial charge in [0.05, 0.1) is 29.8 Å². The highest BCUT2D eigenvalue weighted by molar-refractivity contribution is 7.52. The number of para-hydroxylation sites is 2. The molecule has 11 nitrogen and oxygen atoms in total. The van der Waals surface area contributed by atoms with Crippen molar-refractivity contribution in [3.8, 4) is 5.75 Å². The van der Waals surface area contributed by atoms with Crippen LogP contribution in [-0.4, -0.2) is 45.4 Å². The fourth-order valence-corrected chi connectivity index (χ4v) is 5.93. The van der Waals surface area contributed by atoms with Gasteiger partial charge in [-0.1, -0.05) is 36.4 Å². The van der Waals surface area contributed by atoms with Crippen LogP contribution in [0.2, 0.25) is 0 Å². The van der Waals surface area contributed by atoms with E-state index in [1.165, 1.54) is 0 Å². The summed E-state index contributed by atoms with van der Waals surface area (Å²) in [4.78, 5) is 21.8. The maximum Gasteiger partial charge on any atom is 0.459 e. The van der Waals surface area contributed by atoms with Crippen LogP contribution in [0.3, 0.4) is 0 Å². The molecular formula is C28H36N5O6P. The predicted molar refractivity (Wildman–Crippen MR) is 154 cm³/mol. The van der Waals surface area contributed by atoms with Gasteiger partial charge >= 0.3 is 13.7 Å². The molecule has 214 valence electrons. The summed E-state index contributed by atoms with van der Waals surface area (Å²) in [5, 5.41) is 3.60. The Kier molecular flexibility index (Phi) is 9.42. The van der Waals surface area contributed by atoms with Crippen molar-refractivity contribution in [2.45, 2.75) is 66.0 Å². The largest absolute Gasteiger partial charge is 0.462 e. The molecular weight excluding hydrogens is 533 g/mol. The zero-order chi connectivity index (χ0) is 28.9. The molecule has 0 saturated carbocycles. The highest BCUT2D eigenvalue weighted by Crippen LogP contribution is 2.46. The summed E-state index contributed by atoms with van der Waals surface area (Å²) < 4.78 is 38.9. The van der Waals surface area contributed by atoms with Crippen molar-refractivity contribution in [1.29, 1.82) is 0 Å². The van der Waals surface area contributed by atoms with E-state index in [4.69, 9.17) is 29.2 Å². The molecule has 0 bridgehead atoms. The summed E-state index contributed by atoms with van der Waals surface area (Å²) in [5.41, 5.74) is 8.34. The third-order valence-electron chi connectivity index (χ3n) is 5.91. The molecule has 0 aliphatic rings. The van der Waals surface area contributed by atoms with Gasteiger partial charge in [0.1, 0.15) is 29.7 Å². The zero-order valence-corrected chi connectivity index (χ0v) is 24.3. The van der Waals surface area contributed by atoms with Crippen LogP contribution >= 0.6 is 7.75 Å². The van der Waals surface area contributed by atoms with E-state index in [2.05, 4.69) is 10.1 Å². The normalized spacial score (nSPS) is 14.8. The Bertz CT molecular complexity index is 1510. The average molecular weight is 570 g/mol. The van der Waals surface area contributed by atoms with Crippen molar-refractivity contribution >= 4 is 41.5 Å². The minimum Gasteiger partial charge on any atom is -0.462 e. The number of carbonyl (C=O) groups excluding carboxylic acids is 1. The first-order chi connectivity index (χ1) is 19.1. The SMILES string of the molecule is CCOCc1nc2c(N)nc3ccccc3c2n1C[C@@H](C)O[P@](=O)(N[C@@H](C)C(=O)OC(C)C)Oc1ccccc1. The topological polar surface area (TPSA) is 140 Å². The molecule has 0 amide bonds. The van der Waals surface area contributed by atoms with E-state index in [-0.39, 0.29) is 19.3 Å². The Morgan fingerprint density at radius 3 is 2.45 bits per heavy atom. The van der Waals surface area contributed by atoms with Gasteiger partial charge in [0.15, 0.2) is 5.82 Å². The monoisotopic (exact) mass is 569 g/mol. The molecule has 0 radical (unpaired) electrons. The lowest BCUT2D eigenvalue weighted by Crippen LogP contribution is -2.37. The molecule has 0 aliphatic heterocycles. The van der Waals surface area contributed by atoms with Gasteiger partial charge in [0.2, 0.25) is 0 Å². The van der Waals surface area contributed by atoms with Crippen LogP contribution in [0.1, 0.15) is 40.4 Å². The fourth-order valence-electron chi connectivity index (χ4n) is 4.26. The maximum absolute atomic E-state index is 14.1. The molecule has 3 N–H and O–H groups in total. The molecule has 3 atom stereocenters. The number of ether oxygens (including phenoxy) is 2. The number of nitrogens with zero attached hydrogens (tertiary/aromatic N) is 3. The van der Waals surface area contributed by atoms with E-state index in [0.29, 0.717) is 29.5 Å². The molecule has 2 aromatic carbocycles. The first-order valence-corrected chi connectivity index (χ1v) is 14.8. The van der Waals surface area contributed by atoms with Crippen LogP contribution in [0, 0.1) is 0 Å². The molecule has 2 aromatic heterocycles. The summed E-state index contributed by atoms with van der Waals surface area (Å²) in [6.45, 7) is 9.67. The highest BCUT2D eigenvalue weighted by atomic mass is 31.2. The lowest BCUT2D eigenvalue weighted by Gasteiger charge is -2.26. The van der Waals surface area contributed by atoms with Crippen LogP contribution in [-0.2, 0) is 36.5 Å². The fraction of sp³-hybridized carbons (Fsp3) is 0.393. The number of benzene rings is 2. The Hall–Kier alpha value is -3.50. The lowest BCUT2D eigenvalue weighted by atomic mass is 10.2. The number of rotatable bonds is 13. The number of hydrogen-bond donors (Lipinski definition) is 2.